The molecule has 0 saturated carbocycles. The molecule has 0 unspecified atom stereocenters. The van der Waals surface area contributed by atoms with Gasteiger partial charge in [-0.25, -0.2) is 4.79 Å². The molecule has 10 heteroatoms. The van der Waals surface area contributed by atoms with Crippen LogP contribution < -0.4 is 0 Å². The molecule has 0 radical (unpaired) electrons. The van der Waals surface area contributed by atoms with Gasteiger partial charge in [-0.05, 0) is 31.5 Å². The number of carbonyl (C=O) groups excluding carboxylic acids is 3. The van der Waals surface area contributed by atoms with Crippen molar-refractivity contribution in [1.29, 1.82) is 0 Å². The normalized spacial score (nSPS) is 14.1. The summed E-state index contributed by atoms with van der Waals surface area (Å²) in [6, 6.07) is 5.90. The van der Waals surface area contributed by atoms with E-state index < -0.39 is 52.9 Å². The molecule has 33 heavy (non-hydrogen) atoms. The standard InChI is InChI=1S/C23H21NO9/c1-3-23(22(32)33,10-16(27)28)24(4-2)21(31)11-8-13-18(15(26)9-11)20(30)17-12(19(13)29)6-5-7-14(17)25/h5-9,25-26H,3-4,10H2,1-2H3,(H,27,28)(H,32,33)/t23-/m0/s1. The van der Waals surface area contributed by atoms with Gasteiger partial charge in [-0.15, -0.1) is 0 Å². The molecule has 1 atom stereocenters. The molecular formula is C23H21NO9. The van der Waals surface area contributed by atoms with Crippen molar-refractivity contribution < 1.29 is 44.4 Å². The lowest BCUT2D eigenvalue weighted by Gasteiger charge is -2.38. The molecule has 0 aliphatic heterocycles. The van der Waals surface area contributed by atoms with Gasteiger partial charge in [-0.3, -0.25) is 19.2 Å². The molecule has 0 aromatic heterocycles. The summed E-state index contributed by atoms with van der Waals surface area (Å²) in [6.45, 7) is 2.73. The zero-order valence-electron chi connectivity index (χ0n) is 17.8. The number of hydrogen-bond acceptors (Lipinski definition) is 7. The van der Waals surface area contributed by atoms with Crippen molar-refractivity contribution in [3.63, 3.8) is 0 Å². The van der Waals surface area contributed by atoms with E-state index in [-0.39, 0.29) is 40.8 Å². The third-order valence-corrected chi connectivity index (χ3v) is 5.86. The van der Waals surface area contributed by atoms with Gasteiger partial charge in [0.25, 0.3) is 5.91 Å². The van der Waals surface area contributed by atoms with Gasteiger partial charge < -0.3 is 25.3 Å². The lowest BCUT2D eigenvalue weighted by Crippen LogP contribution is -2.57. The Bertz CT molecular complexity index is 1220. The van der Waals surface area contributed by atoms with Gasteiger partial charge in [0.15, 0.2) is 11.3 Å². The number of aromatic hydroxyl groups is 2. The second-order valence-electron chi connectivity index (χ2n) is 7.59. The minimum Gasteiger partial charge on any atom is -0.507 e. The Morgan fingerprint density at radius 3 is 2.09 bits per heavy atom. The Kier molecular flexibility index (Phi) is 5.95. The van der Waals surface area contributed by atoms with Crippen molar-refractivity contribution in [1.82, 2.24) is 4.90 Å². The highest BCUT2D eigenvalue weighted by Crippen LogP contribution is 2.38. The quantitative estimate of drug-likeness (QED) is 0.416. The van der Waals surface area contributed by atoms with E-state index in [0.29, 0.717) is 0 Å². The van der Waals surface area contributed by atoms with E-state index >= 15 is 0 Å². The zero-order chi connectivity index (χ0) is 24.7. The molecule has 1 amide bonds. The Hall–Kier alpha value is -4.21. The molecular weight excluding hydrogens is 434 g/mol. The molecule has 2 aromatic carbocycles. The smallest absolute Gasteiger partial charge is 0.330 e. The van der Waals surface area contributed by atoms with Crippen LogP contribution in [-0.4, -0.2) is 66.8 Å². The van der Waals surface area contributed by atoms with Crippen LogP contribution >= 0.6 is 0 Å². The number of rotatable bonds is 7. The van der Waals surface area contributed by atoms with Crippen LogP contribution in [0.1, 0.15) is 68.9 Å². The molecule has 4 N–H and O–H groups in total. The van der Waals surface area contributed by atoms with Gasteiger partial charge in [0.2, 0.25) is 5.78 Å². The van der Waals surface area contributed by atoms with Crippen molar-refractivity contribution in [2.75, 3.05) is 6.54 Å². The molecule has 10 nitrogen and oxygen atoms in total. The number of nitrogens with zero attached hydrogens (tertiary/aromatic N) is 1. The van der Waals surface area contributed by atoms with Crippen LogP contribution in [0.4, 0.5) is 0 Å². The average Bonchev–Trinajstić information content (AvgIpc) is 2.75. The van der Waals surface area contributed by atoms with Gasteiger partial charge in [-0.2, -0.15) is 0 Å². The summed E-state index contributed by atoms with van der Waals surface area (Å²) >= 11 is 0. The van der Waals surface area contributed by atoms with E-state index in [1.54, 1.807) is 0 Å². The molecule has 0 spiro atoms. The molecule has 1 aliphatic rings. The number of likely N-dealkylation sites (N-methyl/N-ethyl adjacent to an activating group) is 1. The first-order chi connectivity index (χ1) is 15.5. The van der Waals surface area contributed by atoms with E-state index in [1.807, 2.05) is 0 Å². The minimum absolute atomic E-state index is 0.108. The van der Waals surface area contributed by atoms with E-state index in [1.165, 1.54) is 32.0 Å². The van der Waals surface area contributed by atoms with Gasteiger partial charge >= 0.3 is 11.9 Å². The minimum atomic E-state index is -2.07. The second-order valence-corrected chi connectivity index (χ2v) is 7.59. The average molecular weight is 455 g/mol. The van der Waals surface area contributed by atoms with Crippen LogP contribution in [-0.2, 0) is 9.59 Å². The van der Waals surface area contributed by atoms with Crippen LogP contribution in [0.25, 0.3) is 0 Å². The summed E-state index contributed by atoms with van der Waals surface area (Å²) in [4.78, 5) is 63.5. The molecule has 0 saturated heterocycles. The molecule has 1 aliphatic carbocycles. The van der Waals surface area contributed by atoms with Crippen molar-refractivity contribution in [2.24, 2.45) is 0 Å². The number of phenols is 2. The fourth-order valence-corrected chi connectivity index (χ4v) is 4.21. The maximum absolute atomic E-state index is 13.3. The van der Waals surface area contributed by atoms with Crippen LogP contribution in [0, 0.1) is 0 Å². The number of amides is 1. The highest BCUT2D eigenvalue weighted by molar-refractivity contribution is 6.30. The molecule has 0 bridgehead atoms. The zero-order valence-corrected chi connectivity index (χ0v) is 17.8. The summed E-state index contributed by atoms with van der Waals surface area (Å²) in [7, 11) is 0. The maximum atomic E-state index is 13.3. The van der Waals surface area contributed by atoms with Crippen molar-refractivity contribution in [3.8, 4) is 11.5 Å². The molecule has 2 aromatic rings. The first-order valence-corrected chi connectivity index (χ1v) is 10.1. The highest BCUT2D eigenvalue weighted by atomic mass is 16.4. The number of carboxylic acid groups (broad SMARTS) is 2. The number of hydrogen-bond donors (Lipinski definition) is 4. The molecule has 3 rings (SSSR count). The maximum Gasteiger partial charge on any atom is 0.330 e. The van der Waals surface area contributed by atoms with E-state index in [9.17, 15) is 44.4 Å². The fraction of sp³-hybridized carbons (Fsp3) is 0.261. The van der Waals surface area contributed by atoms with Gasteiger partial charge in [0.1, 0.15) is 11.5 Å². The van der Waals surface area contributed by atoms with Crippen LogP contribution in [0.3, 0.4) is 0 Å². The third-order valence-electron chi connectivity index (χ3n) is 5.86. The Morgan fingerprint density at radius 1 is 0.909 bits per heavy atom. The number of fused-ring (bicyclic) bond motifs is 2. The lowest BCUT2D eigenvalue weighted by atomic mass is 9.82. The van der Waals surface area contributed by atoms with Crippen molar-refractivity contribution >= 4 is 29.4 Å². The topological polar surface area (TPSA) is 170 Å². The SMILES string of the molecule is CCN(C(=O)c1cc(O)c2c(c1)C(=O)c1cccc(O)c1C2=O)[C@@](CC)(CC(=O)O)C(=O)O. The summed E-state index contributed by atoms with van der Waals surface area (Å²) in [6.07, 6.45) is -1.07. The predicted octanol–water partition coefficient (Wildman–Crippen LogP) is 2.04. The van der Waals surface area contributed by atoms with E-state index in [2.05, 4.69) is 0 Å². The monoisotopic (exact) mass is 455 g/mol. The second kappa shape index (κ2) is 8.38. The van der Waals surface area contributed by atoms with Crippen LogP contribution in [0.15, 0.2) is 30.3 Å². The number of ketones is 2. The largest absolute Gasteiger partial charge is 0.507 e. The van der Waals surface area contributed by atoms with Crippen LogP contribution in [0.2, 0.25) is 0 Å². The molecule has 0 fully saturated rings. The van der Waals surface area contributed by atoms with E-state index in [4.69, 9.17) is 0 Å². The summed E-state index contributed by atoms with van der Waals surface area (Å²) in [5, 5.41) is 39.6. The summed E-state index contributed by atoms with van der Waals surface area (Å²) < 4.78 is 0. The summed E-state index contributed by atoms with van der Waals surface area (Å²) in [5.74, 6) is -6.51. The Morgan fingerprint density at radius 2 is 1.55 bits per heavy atom. The highest BCUT2D eigenvalue weighted by Gasteiger charge is 2.47. The number of benzene rings is 2. The summed E-state index contributed by atoms with van der Waals surface area (Å²) in [5.41, 5.74) is -3.41. The number of carbonyl (C=O) groups is 5. The fourth-order valence-electron chi connectivity index (χ4n) is 4.21. The van der Waals surface area contributed by atoms with Gasteiger partial charge in [0.05, 0.1) is 17.5 Å². The Labute approximate surface area is 187 Å². The lowest BCUT2D eigenvalue weighted by molar-refractivity contribution is -0.156. The van der Waals surface area contributed by atoms with Crippen molar-refractivity contribution in [2.45, 2.75) is 32.2 Å². The number of carboxylic acids is 2. The molecule has 172 valence electrons. The predicted molar refractivity (Wildman–Crippen MR) is 113 cm³/mol. The molecule has 0 heterocycles. The third kappa shape index (κ3) is 3.59. The van der Waals surface area contributed by atoms with Gasteiger partial charge in [-0.1, -0.05) is 19.1 Å². The van der Waals surface area contributed by atoms with Crippen LogP contribution in [0.5, 0.6) is 11.5 Å². The number of phenolic OH excluding ortho intramolecular Hbond substituents is 2. The first-order valence-electron chi connectivity index (χ1n) is 10.1. The Balaban J connectivity index is 2.16. The first kappa shape index (κ1) is 23.5. The number of aliphatic carboxylic acids is 2. The van der Waals surface area contributed by atoms with Gasteiger partial charge in [0, 0.05) is 23.2 Å². The van der Waals surface area contributed by atoms with Crippen molar-refractivity contribution in [3.05, 3.63) is 58.1 Å². The van der Waals surface area contributed by atoms with E-state index in [0.717, 1.165) is 17.0 Å².